The Bertz CT molecular complexity index is 533. The number of esters is 1. The zero-order chi connectivity index (χ0) is 15.8. The topological polar surface area (TPSA) is 84.5 Å². The molecule has 0 fully saturated rings. The van der Waals surface area contributed by atoms with Crippen molar-refractivity contribution in [2.45, 2.75) is 19.9 Å². The average molecular weight is 313 g/mol. The van der Waals surface area contributed by atoms with E-state index in [-0.39, 0.29) is 11.5 Å². The van der Waals surface area contributed by atoms with Crippen LogP contribution in [0.5, 0.6) is 0 Å². The van der Waals surface area contributed by atoms with Crippen LogP contribution in [0.2, 0.25) is 5.02 Å². The predicted molar refractivity (Wildman–Crippen MR) is 78.0 cm³/mol. The number of nitrogens with one attached hydrogen (secondary N) is 2. The first-order chi connectivity index (χ1) is 9.93. The molecule has 0 radical (unpaired) electrons. The van der Waals surface area contributed by atoms with Crippen LogP contribution in [0.15, 0.2) is 24.3 Å². The summed E-state index contributed by atoms with van der Waals surface area (Å²) in [7, 11) is 0. The van der Waals surface area contributed by atoms with Crippen molar-refractivity contribution >= 4 is 29.4 Å². The number of halogens is 1. The summed E-state index contributed by atoms with van der Waals surface area (Å²) in [5.41, 5.74) is 0.257. The van der Waals surface area contributed by atoms with Gasteiger partial charge in [-0.3, -0.25) is 9.59 Å². The van der Waals surface area contributed by atoms with Gasteiger partial charge in [-0.2, -0.15) is 0 Å². The van der Waals surface area contributed by atoms with Gasteiger partial charge in [0.1, 0.15) is 6.04 Å². The number of rotatable bonds is 6. The van der Waals surface area contributed by atoms with Crippen LogP contribution in [0.1, 0.15) is 24.2 Å². The molecule has 0 aromatic heterocycles. The molecule has 6 nitrogen and oxygen atoms in total. The number of amides is 2. The molecule has 0 saturated carbocycles. The third-order valence-electron chi connectivity index (χ3n) is 2.52. The van der Waals surface area contributed by atoms with Crippen molar-refractivity contribution in [3.8, 4) is 0 Å². The summed E-state index contributed by atoms with van der Waals surface area (Å²) in [5, 5.41) is 5.40. The van der Waals surface area contributed by atoms with Crippen LogP contribution in [-0.4, -0.2) is 37.0 Å². The van der Waals surface area contributed by atoms with E-state index in [1.54, 1.807) is 26.0 Å². The maximum atomic E-state index is 11.7. The standard InChI is InChI=1S/C14H17ClN2O4/c1-3-16-13(19)9(2)17-12(18)8-21-14(20)10-5-4-6-11(15)7-10/h4-7,9H,3,8H2,1-2H3,(H,16,19)(H,17,18)/t9-/m0/s1. The molecule has 0 unspecified atom stereocenters. The Balaban J connectivity index is 2.42. The summed E-state index contributed by atoms with van der Waals surface area (Å²) in [6.07, 6.45) is 0. The molecule has 1 atom stereocenters. The molecule has 0 spiro atoms. The number of benzene rings is 1. The molecule has 1 aromatic rings. The van der Waals surface area contributed by atoms with Crippen LogP contribution in [-0.2, 0) is 14.3 Å². The summed E-state index contributed by atoms with van der Waals surface area (Å²) >= 11 is 5.75. The van der Waals surface area contributed by atoms with Crippen LogP contribution >= 0.6 is 11.6 Å². The van der Waals surface area contributed by atoms with Gasteiger partial charge < -0.3 is 15.4 Å². The quantitative estimate of drug-likeness (QED) is 0.771. The number of ether oxygens (including phenoxy) is 1. The van der Waals surface area contributed by atoms with Gasteiger partial charge in [0.05, 0.1) is 5.56 Å². The number of carbonyl (C=O) groups excluding carboxylic acids is 3. The zero-order valence-electron chi connectivity index (χ0n) is 11.8. The van der Waals surface area contributed by atoms with E-state index in [0.29, 0.717) is 11.6 Å². The lowest BCUT2D eigenvalue weighted by molar-refractivity contribution is -0.130. The zero-order valence-corrected chi connectivity index (χ0v) is 12.6. The van der Waals surface area contributed by atoms with Gasteiger partial charge in [0, 0.05) is 11.6 Å². The van der Waals surface area contributed by atoms with Crippen molar-refractivity contribution in [1.82, 2.24) is 10.6 Å². The average Bonchev–Trinajstić information content (AvgIpc) is 2.45. The Morgan fingerprint density at radius 2 is 2.05 bits per heavy atom. The highest BCUT2D eigenvalue weighted by atomic mass is 35.5. The molecule has 0 heterocycles. The van der Waals surface area contributed by atoms with Crippen molar-refractivity contribution in [2.75, 3.05) is 13.2 Å². The molecule has 1 aromatic carbocycles. The number of carbonyl (C=O) groups is 3. The van der Waals surface area contributed by atoms with Gasteiger partial charge in [-0.25, -0.2) is 4.79 Å². The van der Waals surface area contributed by atoms with Gasteiger partial charge in [-0.1, -0.05) is 17.7 Å². The lowest BCUT2D eigenvalue weighted by atomic mass is 10.2. The molecule has 2 amide bonds. The summed E-state index contributed by atoms with van der Waals surface area (Å²) in [5.74, 6) is -1.51. The summed E-state index contributed by atoms with van der Waals surface area (Å²) in [6, 6.07) is 5.51. The van der Waals surface area contributed by atoms with E-state index in [1.807, 2.05) is 0 Å². The van der Waals surface area contributed by atoms with Gasteiger partial charge in [-0.05, 0) is 32.0 Å². The lowest BCUT2D eigenvalue weighted by Crippen LogP contribution is -2.46. The first-order valence-electron chi connectivity index (χ1n) is 6.43. The number of likely N-dealkylation sites (N-methyl/N-ethyl adjacent to an activating group) is 1. The first kappa shape index (κ1) is 17.0. The lowest BCUT2D eigenvalue weighted by Gasteiger charge is -2.13. The summed E-state index contributed by atoms with van der Waals surface area (Å²) < 4.78 is 4.84. The number of hydrogen-bond acceptors (Lipinski definition) is 4. The van der Waals surface area contributed by atoms with E-state index in [1.165, 1.54) is 12.1 Å². The highest BCUT2D eigenvalue weighted by molar-refractivity contribution is 6.30. The monoisotopic (exact) mass is 312 g/mol. The van der Waals surface area contributed by atoms with Crippen molar-refractivity contribution < 1.29 is 19.1 Å². The second-order valence-electron chi connectivity index (χ2n) is 4.27. The van der Waals surface area contributed by atoms with Crippen molar-refractivity contribution in [3.05, 3.63) is 34.9 Å². The largest absolute Gasteiger partial charge is 0.452 e. The molecule has 2 N–H and O–H groups in total. The fourth-order valence-corrected chi connectivity index (χ4v) is 1.70. The molecule has 0 aliphatic rings. The number of hydrogen-bond donors (Lipinski definition) is 2. The van der Waals surface area contributed by atoms with Crippen LogP contribution in [0.4, 0.5) is 0 Å². The fraction of sp³-hybridized carbons (Fsp3) is 0.357. The molecule has 0 aliphatic heterocycles. The molecule has 7 heteroatoms. The predicted octanol–water partition coefficient (Wildman–Crippen LogP) is 1.14. The highest BCUT2D eigenvalue weighted by Gasteiger charge is 2.16. The maximum Gasteiger partial charge on any atom is 0.338 e. The van der Waals surface area contributed by atoms with E-state index in [2.05, 4.69) is 10.6 Å². The SMILES string of the molecule is CCNC(=O)[C@H](C)NC(=O)COC(=O)c1cccc(Cl)c1. The summed E-state index contributed by atoms with van der Waals surface area (Å²) in [4.78, 5) is 34.7. The Kier molecular flexibility index (Phi) is 6.68. The van der Waals surface area contributed by atoms with E-state index in [4.69, 9.17) is 16.3 Å². The van der Waals surface area contributed by atoms with E-state index < -0.39 is 24.5 Å². The Labute approximate surface area is 127 Å². The van der Waals surface area contributed by atoms with Gasteiger partial charge >= 0.3 is 5.97 Å². The fourth-order valence-electron chi connectivity index (χ4n) is 1.51. The Morgan fingerprint density at radius 1 is 1.33 bits per heavy atom. The molecule has 0 bridgehead atoms. The molecule has 0 saturated heterocycles. The van der Waals surface area contributed by atoms with Gasteiger partial charge in [0.25, 0.3) is 5.91 Å². The van der Waals surface area contributed by atoms with Gasteiger partial charge in [-0.15, -0.1) is 0 Å². The molecule has 1 rings (SSSR count). The van der Waals surface area contributed by atoms with E-state index in [0.717, 1.165) is 0 Å². The Hall–Kier alpha value is -2.08. The van der Waals surface area contributed by atoms with Crippen LogP contribution in [0, 0.1) is 0 Å². The highest BCUT2D eigenvalue weighted by Crippen LogP contribution is 2.11. The van der Waals surface area contributed by atoms with Gasteiger partial charge in [0.2, 0.25) is 5.91 Å². The molecular formula is C14H17ClN2O4. The maximum absolute atomic E-state index is 11.7. The van der Waals surface area contributed by atoms with Crippen molar-refractivity contribution in [1.29, 1.82) is 0 Å². The Morgan fingerprint density at radius 3 is 2.67 bits per heavy atom. The minimum absolute atomic E-state index is 0.257. The third kappa shape index (κ3) is 5.83. The van der Waals surface area contributed by atoms with Crippen molar-refractivity contribution in [2.24, 2.45) is 0 Å². The molecule has 0 aliphatic carbocycles. The molecule has 114 valence electrons. The minimum Gasteiger partial charge on any atom is -0.452 e. The van der Waals surface area contributed by atoms with Crippen LogP contribution in [0.3, 0.4) is 0 Å². The first-order valence-corrected chi connectivity index (χ1v) is 6.81. The second-order valence-corrected chi connectivity index (χ2v) is 4.71. The van der Waals surface area contributed by atoms with Gasteiger partial charge in [0.15, 0.2) is 6.61 Å². The molecule has 21 heavy (non-hydrogen) atoms. The molecular weight excluding hydrogens is 296 g/mol. The third-order valence-corrected chi connectivity index (χ3v) is 2.75. The van der Waals surface area contributed by atoms with E-state index >= 15 is 0 Å². The minimum atomic E-state index is -0.692. The smallest absolute Gasteiger partial charge is 0.338 e. The summed E-state index contributed by atoms with van der Waals surface area (Å²) in [6.45, 7) is 3.33. The van der Waals surface area contributed by atoms with E-state index in [9.17, 15) is 14.4 Å². The normalized spacial score (nSPS) is 11.4. The van der Waals surface area contributed by atoms with Crippen molar-refractivity contribution in [3.63, 3.8) is 0 Å². The van der Waals surface area contributed by atoms with Crippen LogP contribution in [0.25, 0.3) is 0 Å². The second kappa shape index (κ2) is 8.26. The van der Waals surface area contributed by atoms with Crippen LogP contribution < -0.4 is 10.6 Å².